The lowest BCUT2D eigenvalue weighted by Gasteiger charge is -2.26. The van der Waals surface area contributed by atoms with Crippen molar-refractivity contribution in [1.82, 2.24) is 5.32 Å². The third-order valence-electron chi connectivity index (χ3n) is 4.72. The average Bonchev–Trinajstić information content (AvgIpc) is 3.32. The van der Waals surface area contributed by atoms with E-state index >= 15 is 0 Å². The molecule has 0 amide bonds. The summed E-state index contributed by atoms with van der Waals surface area (Å²) in [5, 5.41) is 6.43. The van der Waals surface area contributed by atoms with Crippen molar-refractivity contribution in [3.05, 3.63) is 42.5 Å². The maximum atomic E-state index is 3.74. The van der Waals surface area contributed by atoms with Gasteiger partial charge in [0.2, 0.25) is 0 Å². The van der Waals surface area contributed by atoms with Gasteiger partial charge in [0.05, 0.1) is 0 Å². The summed E-state index contributed by atoms with van der Waals surface area (Å²) in [4.78, 5) is 2.58. The number of hydrogen-bond acceptors (Lipinski definition) is 2. The second-order valence-electron chi connectivity index (χ2n) is 6.23. The van der Waals surface area contributed by atoms with Crippen LogP contribution in [0.4, 0.5) is 5.69 Å². The van der Waals surface area contributed by atoms with E-state index < -0.39 is 0 Å². The van der Waals surface area contributed by atoms with Crippen molar-refractivity contribution in [2.45, 2.75) is 25.3 Å². The highest BCUT2D eigenvalue weighted by Crippen LogP contribution is 2.34. The van der Waals surface area contributed by atoms with Crippen molar-refractivity contribution in [2.75, 3.05) is 24.5 Å². The third kappa shape index (κ3) is 2.40. The van der Waals surface area contributed by atoms with E-state index in [0.717, 1.165) is 5.92 Å². The normalized spacial score (nSPS) is 23.8. The summed E-state index contributed by atoms with van der Waals surface area (Å²) in [5.41, 5.74) is 1.39. The molecule has 4 rings (SSSR count). The predicted octanol–water partition coefficient (Wildman–Crippen LogP) is 3.42. The average molecular weight is 266 g/mol. The first kappa shape index (κ1) is 12.2. The molecular weight excluding hydrogens is 244 g/mol. The Morgan fingerprint density at radius 3 is 2.70 bits per heavy atom. The smallest absolute Gasteiger partial charge is 0.0373 e. The Balaban J connectivity index is 1.62. The van der Waals surface area contributed by atoms with Crippen molar-refractivity contribution in [1.29, 1.82) is 0 Å². The van der Waals surface area contributed by atoms with Crippen LogP contribution in [0.5, 0.6) is 0 Å². The van der Waals surface area contributed by atoms with Gasteiger partial charge in [-0.1, -0.05) is 30.3 Å². The lowest BCUT2D eigenvalue weighted by Crippen LogP contribution is -2.39. The Morgan fingerprint density at radius 1 is 1.00 bits per heavy atom. The third-order valence-corrected chi connectivity index (χ3v) is 4.72. The Hall–Kier alpha value is -1.54. The summed E-state index contributed by atoms with van der Waals surface area (Å²) in [6.07, 6.45) is 4.09. The molecular formula is C18H22N2. The predicted molar refractivity (Wildman–Crippen MR) is 85.3 cm³/mol. The molecule has 1 unspecified atom stereocenters. The zero-order valence-corrected chi connectivity index (χ0v) is 11.9. The molecule has 2 aromatic carbocycles. The molecule has 2 nitrogen and oxygen atoms in total. The zero-order valence-electron chi connectivity index (χ0n) is 11.9. The number of fused-ring (bicyclic) bond motifs is 1. The maximum absolute atomic E-state index is 3.74. The molecule has 0 bridgehead atoms. The number of rotatable bonds is 2. The quantitative estimate of drug-likeness (QED) is 0.896. The maximum Gasteiger partial charge on any atom is 0.0373 e. The van der Waals surface area contributed by atoms with Crippen LogP contribution in [0.3, 0.4) is 0 Å². The molecule has 2 fully saturated rings. The van der Waals surface area contributed by atoms with Crippen LogP contribution in [-0.4, -0.2) is 25.7 Å². The summed E-state index contributed by atoms with van der Waals surface area (Å²) in [7, 11) is 0. The van der Waals surface area contributed by atoms with E-state index in [2.05, 4.69) is 52.7 Å². The topological polar surface area (TPSA) is 15.3 Å². The molecule has 20 heavy (non-hydrogen) atoms. The lowest BCUT2D eigenvalue weighted by atomic mass is 10.1. The van der Waals surface area contributed by atoms with E-state index in [1.807, 2.05) is 0 Å². The fourth-order valence-corrected chi connectivity index (χ4v) is 3.37. The first-order valence-corrected chi connectivity index (χ1v) is 7.87. The SMILES string of the molecule is c1ccc2cc(N3CCCNC(C4CC4)C3)ccc2c1. The van der Waals surface area contributed by atoms with Gasteiger partial charge in [-0.3, -0.25) is 0 Å². The van der Waals surface area contributed by atoms with E-state index in [4.69, 9.17) is 0 Å². The van der Waals surface area contributed by atoms with Crippen molar-refractivity contribution >= 4 is 16.5 Å². The zero-order chi connectivity index (χ0) is 13.4. The van der Waals surface area contributed by atoms with E-state index in [1.54, 1.807) is 0 Å². The van der Waals surface area contributed by atoms with Gasteiger partial charge in [-0.05, 0) is 54.6 Å². The van der Waals surface area contributed by atoms with E-state index in [1.165, 1.54) is 55.4 Å². The molecule has 1 heterocycles. The highest BCUT2D eigenvalue weighted by Gasteiger charge is 2.33. The van der Waals surface area contributed by atoms with Crippen molar-refractivity contribution in [3.8, 4) is 0 Å². The van der Waals surface area contributed by atoms with Crippen LogP contribution in [0.15, 0.2) is 42.5 Å². The Labute approximate surface area is 120 Å². The van der Waals surface area contributed by atoms with Crippen LogP contribution in [0, 0.1) is 5.92 Å². The number of benzene rings is 2. The molecule has 1 saturated heterocycles. The first-order valence-electron chi connectivity index (χ1n) is 7.87. The molecule has 104 valence electrons. The molecule has 1 atom stereocenters. The van der Waals surface area contributed by atoms with Crippen molar-refractivity contribution in [2.24, 2.45) is 5.92 Å². The minimum Gasteiger partial charge on any atom is -0.370 e. The van der Waals surface area contributed by atoms with Gasteiger partial charge in [-0.25, -0.2) is 0 Å². The van der Waals surface area contributed by atoms with E-state index in [0.29, 0.717) is 6.04 Å². The van der Waals surface area contributed by atoms with Gasteiger partial charge in [-0.2, -0.15) is 0 Å². The fourth-order valence-electron chi connectivity index (χ4n) is 3.37. The monoisotopic (exact) mass is 266 g/mol. The van der Waals surface area contributed by atoms with Crippen molar-refractivity contribution < 1.29 is 0 Å². The lowest BCUT2D eigenvalue weighted by molar-refractivity contribution is 0.490. The number of anilines is 1. The molecule has 2 aromatic rings. The summed E-state index contributed by atoms with van der Waals surface area (Å²) in [6.45, 7) is 3.52. The van der Waals surface area contributed by atoms with Crippen LogP contribution in [0.1, 0.15) is 19.3 Å². The van der Waals surface area contributed by atoms with Gasteiger partial charge in [-0.15, -0.1) is 0 Å². The van der Waals surface area contributed by atoms with E-state index in [-0.39, 0.29) is 0 Å². The molecule has 2 aliphatic rings. The number of nitrogens with zero attached hydrogens (tertiary/aromatic N) is 1. The largest absolute Gasteiger partial charge is 0.370 e. The first-order chi connectivity index (χ1) is 9.90. The number of nitrogens with one attached hydrogen (secondary N) is 1. The number of hydrogen-bond donors (Lipinski definition) is 1. The Bertz CT molecular complexity index is 603. The van der Waals surface area contributed by atoms with Crippen molar-refractivity contribution in [3.63, 3.8) is 0 Å². The van der Waals surface area contributed by atoms with Gasteiger partial charge in [0, 0.05) is 24.8 Å². The standard InChI is InChI=1S/C18H22N2/c1-2-5-16-12-17(9-8-14(16)4-1)20-11-3-10-19-18(13-20)15-6-7-15/h1-2,4-5,8-9,12,15,18-19H,3,6-7,10-11,13H2. The minimum atomic E-state index is 0.698. The molecule has 2 heteroatoms. The highest BCUT2D eigenvalue weighted by atomic mass is 15.2. The molecule has 0 spiro atoms. The minimum absolute atomic E-state index is 0.698. The highest BCUT2D eigenvalue weighted by molar-refractivity contribution is 5.85. The van der Waals surface area contributed by atoms with Gasteiger partial charge < -0.3 is 10.2 Å². The molecule has 1 N–H and O–H groups in total. The second kappa shape index (κ2) is 5.10. The van der Waals surface area contributed by atoms with Gasteiger partial charge in [0.1, 0.15) is 0 Å². The summed E-state index contributed by atoms with van der Waals surface area (Å²) in [5.74, 6) is 0.927. The van der Waals surface area contributed by atoms with E-state index in [9.17, 15) is 0 Å². The van der Waals surface area contributed by atoms with Crippen LogP contribution in [0.2, 0.25) is 0 Å². The molecule has 1 aliphatic heterocycles. The summed E-state index contributed by atoms with van der Waals surface area (Å²) >= 11 is 0. The van der Waals surface area contributed by atoms with Crippen LogP contribution in [-0.2, 0) is 0 Å². The molecule has 0 aromatic heterocycles. The fraction of sp³-hybridized carbons (Fsp3) is 0.444. The second-order valence-corrected chi connectivity index (χ2v) is 6.23. The van der Waals surface area contributed by atoms with Crippen LogP contribution >= 0.6 is 0 Å². The molecule has 0 radical (unpaired) electrons. The Morgan fingerprint density at radius 2 is 1.85 bits per heavy atom. The Kier molecular flexibility index (Phi) is 3.12. The van der Waals surface area contributed by atoms with Gasteiger partial charge in [0.25, 0.3) is 0 Å². The summed E-state index contributed by atoms with van der Waals surface area (Å²) in [6, 6.07) is 16.2. The summed E-state index contributed by atoms with van der Waals surface area (Å²) < 4.78 is 0. The van der Waals surface area contributed by atoms with Crippen LogP contribution in [0.25, 0.3) is 10.8 Å². The van der Waals surface area contributed by atoms with Gasteiger partial charge in [0.15, 0.2) is 0 Å². The van der Waals surface area contributed by atoms with Crippen LogP contribution < -0.4 is 10.2 Å². The molecule has 1 saturated carbocycles. The molecule has 1 aliphatic carbocycles. The van der Waals surface area contributed by atoms with Gasteiger partial charge >= 0.3 is 0 Å².